The molecule has 1 aromatic rings. The monoisotopic (exact) mass is 294 g/mol. The van der Waals surface area contributed by atoms with Gasteiger partial charge in [-0.2, -0.15) is 0 Å². The lowest BCUT2D eigenvalue weighted by atomic mass is 10.2. The normalized spacial score (nSPS) is 12.4. The van der Waals surface area contributed by atoms with Crippen molar-refractivity contribution in [2.24, 2.45) is 0 Å². The van der Waals surface area contributed by atoms with Gasteiger partial charge in [0, 0.05) is 18.8 Å². The minimum Gasteiger partial charge on any atom is -0.379 e. The number of amides is 1. The maximum atomic E-state index is 12.5. The zero-order valence-corrected chi connectivity index (χ0v) is 13.4. The molecule has 0 aliphatic carbocycles. The number of nitrogens with zero attached hydrogens (tertiary/aromatic N) is 2. The van der Waals surface area contributed by atoms with Crippen molar-refractivity contribution in [3.8, 4) is 0 Å². The van der Waals surface area contributed by atoms with Gasteiger partial charge in [-0.25, -0.2) is 0 Å². The molecule has 0 N–H and O–H groups in total. The molecule has 0 saturated heterocycles. The zero-order valence-electron chi connectivity index (χ0n) is 13.4. The predicted octanol–water partition coefficient (Wildman–Crippen LogP) is 2.26. The number of ether oxygens (including phenoxy) is 2. The first-order valence-electron chi connectivity index (χ1n) is 7.46. The molecular formula is C16H26N2O3. The maximum Gasteiger partial charge on any atom is 0.251 e. The molecule has 118 valence electrons. The average Bonchev–Trinajstić information content (AvgIpc) is 2.49. The molecule has 0 aromatic carbocycles. The third-order valence-corrected chi connectivity index (χ3v) is 3.11. The van der Waals surface area contributed by atoms with E-state index in [9.17, 15) is 4.79 Å². The van der Waals surface area contributed by atoms with Crippen LogP contribution in [0.5, 0.6) is 0 Å². The highest BCUT2D eigenvalue weighted by Crippen LogP contribution is 2.10. The van der Waals surface area contributed by atoms with Gasteiger partial charge in [-0.15, -0.1) is 0 Å². The van der Waals surface area contributed by atoms with Crippen molar-refractivity contribution in [3.63, 3.8) is 0 Å². The molecule has 0 saturated carbocycles. The van der Waals surface area contributed by atoms with E-state index < -0.39 is 6.10 Å². The van der Waals surface area contributed by atoms with Crippen LogP contribution in [0.25, 0.3) is 0 Å². The Hall–Kier alpha value is -1.46. The first-order chi connectivity index (χ1) is 10.1. The highest BCUT2D eigenvalue weighted by Gasteiger charge is 2.23. The Labute approximate surface area is 127 Å². The van der Waals surface area contributed by atoms with Crippen molar-refractivity contribution in [1.29, 1.82) is 0 Å². The molecule has 0 aliphatic rings. The summed E-state index contributed by atoms with van der Waals surface area (Å²) in [5, 5.41) is 0. The molecule has 0 radical (unpaired) electrons. The Morgan fingerprint density at radius 1 is 1.29 bits per heavy atom. The minimum atomic E-state index is -0.475. The van der Waals surface area contributed by atoms with E-state index >= 15 is 0 Å². The van der Waals surface area contributed by atoms with E-state index in [1.807, 2.05) is 39.0 Å². The number of rotatable bonds is 9. The number of carbonyl (C=O) groups is 1. The van der Waals surface area contributed by atoms with Gasteiger partial charge in [-0.05, 0) is 39.8 Å². The maximum absolute atomic E-state index is 12.5. The summed E-state index contributed by atoms with van der Waals surface area (Å²) in [6.45, 7) is 9.79. The molecule has 0 unspecified atom stereocenters. The lowest BCUT2D eigenvalue weighted by Crippen LogP contribution is -2.43. The second-order valence-corrected chi connectivity index (χ2v) is 5.09. The predicted molar refractivity (Wildman–Crippen MR) is 81.8 cm³/mol. The van der Waals surface area contributed by atoms with Crippen molar-refractivity contribution < 1.29 is 14.3 Å². The Morgan fingerprint density at radius 3 is 2.62 bits per heavy atom. The molecule has 1 heterocycles. The number of hydrogen-bond acceptors (Lipinski definition) is 4. The standard InChI is InChI=1S/C16H26N2O3/c1-5-20-10-11-21-14(4)16(19)18(13(2)3)12-15-8-6-7-9-17-15/h6-9,13-14H,5,10-12H2,1-4H3/t14-/m1/s1. The summed E-state index contributed by atoms with van der Waals surface area (Å²) in [7, 11) is 0. The van der Waals surface area contributed by atoms with Crippen molar-refractivity contribution in [3.05, 3.63) is 30.1 Å². The molecule has 1 atom stereocenters. The van der Waals surface area contributed by atoms with E-state index in [2.05, 4.69) is 4.98 Å². The van der Waals surface area contributed by atoms with Crippen molar-refractivity contribution in [2.75, 3.05) is 19.8 Å². The third-order valence-electron chi connectivity index (χ3n) is 3.11. The summed E-state index contributed by atoms with van der Waals surface area (Å²) in [5.41, 5.74) is 0.876. The van der Waals surface area contributed by atoms with Crippen LogP contribution < -0.4 is 0 Å². The van der Waals surface area contributed by atoms with E-state index in [1.54, 1.807) is 18.0 Å². The molecule has 0 spiro atoms. The van der Waals surface area contributed by atoms with Gasteiger partial charge in [0.1, 0.15) is 6.10 Å². The van der Waals surface area contributed by atoms with E-state index in [4.69, 9.17) is 9.47 Å². The van der Waals surface area contributed by atoms with E-state index in [0.29, 0.717) is 26.4 Å². The highest BCUT2D eigenvalue weighted by atomic mass is 16.5. The molecular weight excluding hydrogens is 268 g/mol. The summed E-state index contributed by atoms with van der Waals surface area (Å²) in [4.78, 5) is 18.5. The first kappa shape index (κ1) is 17.6. The average molecular weight is 294 g/mol. The van der Waals surface area contributed by atoms with Crippen LogP contribution >= 0.6 is 0 Å². The Kier molecular flexibility index (Phi) is 7.93. The van der Waals surface area contributed by atoms with Crippen LogP contribution in [0.1, 0.15) is 33.4 Å². The van der Waals surface area contributed by atoms with E-state index in [0.717, 1.165) is 5.69 Å². The van der Waals surface area contributed by atoms with Gasteiger partial charge in [0.15, 0.2) is 0 Å². The van der Waals surface area contributed by atoms with Crippen LogP contribution in [-0.4, -0.2) is 47.8 Å². The van der Waals surface area contributed by atoms with Gasteiger partial charge in [0.2, 0.25) is 0 Å². The van der Waals surface area contributed by atoms with E-state index in [-0.39, 0.29) is 11.9 Å². The van der Waals surface area contributed by atoms with Gasteiger partial charge in [-0.3, -0.25) is 9.78 Å². The van der Waals surface area contributed by atoms with Crippen LogP contribution in [0.2, 0.25) is 0 Å². The lowest BCUT2D eigenvalue weighted by Gasteiger charge is -2.29. The lowest BCUT2D eigenvalue weighted by molar-refractivity contribution is -0.146. The van der Waals surface area contributed by atoms with Crippen molar-refractivity contribution in [1.82, 2.24) is 9.88 Å². The van der Waals surface area contributed by atoms with E-state index in [1.165, 1.54) is 0 Å². The summed E-state index contributed by atoms with van der Waals surface area (Å²) < 4.78 is 10.7. The second-order valence-electron chi connectivity index (χ2n) is 5.09. The fourth-order valence-corrected chi connectivity index (χ4v) is 1.91. The molecule has 1 amide bonds. The van der Waals surface area contributed by atoms with Crippen LogP contribution in [0.15, 0.2) is 24.4 Å². The number of aromatic nitrogens is 1. The minimum absolute atomic E-state index is 0.0212. The summed E-state index contributed by atoms with van der Waals surface area (Å²) >= 11 is 0. The fourth-order valence-electron chi connectivity index (χ4n) is 1.91. The fraction of sp³-hybridized carbons (Fsp3) is 0.625. The smallest absolute Gasteiger partial charge is 0.251 e. The largest absolute Gasteiger partial charge is 0.379 e. The highest BCUT2D eigenvalue weighted by molar-refractivity contribution is 5.80. The van der Waals surface area contributed by atoms with Crippen LogP contribution in [0.3, 0.4) is 0 Å². The Morgan fingerprint density at radius 2 is 2.05 bits per heavy atom. The van der Waals surface area contributed by atoms with Crippen LogP contribution in [-0.2, 0) is 20.8 Å². The third kappa shape index (κ3) is 6.23. The van der Waals surface area contributed by atoms with Crippen molar-refractivity contribution >= 4 is 5.91 Å². The summed E-state index contributed by atoms with van der Waals surface area (Å²) in [6.07, 6.45) is 1.26. The number of hydrogen-bond donors (Lipinski definition) is 0. The molecule has 1 aromatic heterocycles. The van der Waals surface area contributed by atoms with Gasteiger partial charge in [0.05, 0.1) is 25.5 Å². The summed E-state index contributed by atoms with van der Waals surface area (Å²) in [5.74, 6) is -0.0212. The van der Waals surface area contributed by atoms with Crippen LogP contribution in [0, 0.1) is 0 Å². The van der Waals surface area contributed by atoms with Gasteiger partial charge >= 0.3 is 0 Å². The quantitative estimate of drug-likeness (QED) is 0.656. The zero-order chi connectivity index (χ0) is 15.7. The van der Waals surface area contributed by atoms with Crippen molar-refractivity contribution in [2.45, 2.75) is 46.4 Å². The number of pyridine rings is 1. The van der Waals surface area contributed by atoms with Crippen LogP contribution in [0.4, 0.5) is 0 Å². The molecule has 1 rings (SSSR count). The topological polar surface area (TPSA) is 51.7 Å². The molecule has 21 heavy (non-hydrogen) atoms. The molecule has 0 aliphatic heterocycles. The summed E-state index contributed by atoms with van der Waals surface area (Å²) in [6, 6.07) is 5.80. The molecule has 5 nitrogen and oxygen atoms in total. The molecule has 0 bridgehead atoms. The first-order valence-corrected chi connectivity index (χ1v) is 7.46. The Bertz CT molecular complexity index is 409. The van der Waals surface area contributed by atoms with Gasteiger partial charge < -0.3 is 14.4 Å². The SMILES string of the molecule is CCOCCO[C@H](C)C(=O)N(Cc1ccccn1)C(C)C. The number of carbonyl (C=O) groups excluding carboxylic acids is 1. The van der Waals surface area contributed by atoms with Gasteiger partial charge in [0.25, 0.3) is 5.91 Å². The molecule has 5 heteroatoms. The second kappa shape index (κ2) is 9.47. The molecule has 0 fully saturated rings. The van der Waals surface area contributed by atoms with Gasteiger partial charge in [-0.1, -0.05) is 6.07 Å². The Balaban J connectivity index is 2.56.